The number of esters is 3. The number of rotatable bonds is 15. The van der Waals surface area contributed by atoms with Gasteiger partial charge in [0.1, 0.15) is 0 Å². The van der Waals surface area contributed by atoms with Gasteiger partial charge >= 0.3 is 17.9 Å². The van der Waals surface area contributed by atoms with Crippen LogP contribution in [0.15, 0.2) is 0 Å². The van der Waals surface area contributed by atoms with E-state index in [1.54, 1.807) is 0 Å². The topological polar surface area (TPSA) is 88.1 Å². The second-order valence-electron chi connectivity index (χ2n) is 6.19. The summed E-state index contributed by atoms with van der Waals surface area (Å²) < 4.78 is 20.8. The minimum Gasteiger partial charge on any atom is -0.466 e. The Balaban J connectivity index is 5.03. The number of hydrogen-bond donors (Lipinski definition) is 0. The Morgan fingerprint density at radius 1 is 0.692 bits per heavy atom. The quantitative estimate of drug-likeness (QED) is 0.247. The molecular weight excluding hydrogens is 340 g/mol. The van der Waals surface area contributed by atoms with Crippen LogP contribution >= 0.6 is 0 Å². The molecule has 26 heavy (non-hydrogen) atoms. The zero-order valence-corrected chi connectivity index (χ0v) is 16.6. The first-order valence-corrected chi connectivity index (χ1v) is 9.49. The fourth-order valence-electron chi connectivity index (χ4n) is 2.10. The SMILES string of the molecule is CCCCOC(=O)CC(CC(=O)OCCCC)(OC)C(=O)OCCCC. The van der Waals surface area contributed by atoms with Crippen molar-refractivity contribution in [2.24, 2.45) is 0 Å². The summed E-state index contributed by atoms with van der Waals surface area (Å²) in [7, 11) is 1.28. The van der Waals surface area contributed by atoms with Crippen LogP contribution in [0.5, 0.6) is 0 Å². The lowest BCUT2D eigenvalue weighted by Gasteiger charge is -2.28. The molecule has 0 fully saturated rings. The van der Waals surface area contributed by atoms with E-state index in [1.807, 2.05) is 20.8 Å². The third kappa shape index (κ3) is 9.75. The molecule has 7 nitrogen and oxygen atoms in total. The number of carbonyl (C=O) groups excluding carboxylic acids is 3. The Kier molecular flexibility index (Phi) is 13.6. The average molecular weight is 374 g/mol. The summed E-state index contributed by atoms with van der Waals surface area (Å²) in [6.45, 7) is 6.65. The van der Waals surface area contributed by atoms with Crippen molar-refractivity contribution < 1.29 is 33.3 Å². The molecule has 0 unspecified atom stereocenters. The summed E-state index contributed by atoms with van der Waals surface area (Å²) in [4.78, 5) is 36.8. The molecule has 0 N–H and O–H groups in total. The predicted molar refractivity (Wildman–Crippen MR) is 96.6 cm³/mol. The summed E-state index contributed by atoms with van der Waals surface area (Å²) in [6, 6.07) is 0. The largest absolute Gasteiger partial charge is 0.466 e. The Hall–Kier alpha value is -1.63. The third-order valence-corrected chi connectivity index (χ3v) is 3.88. The Labute approximate surface area is 156 Å². The number of ether oxygens (including phenoxy) is 4. The fraction of sp³-hybridized carbons (Fsp3) is 0.842. The molecule has 0 spiro atoms. The van der Waals surface area contributed by atoms with Crippen LogP contribution in [0.3, 0.4) is 0 Å². The molecule has 0 saturated carbocycles. The average Bonchev–Trinajstić information content (AvgIpc) is 2.61. The first-order chi connectivity index (χ1) is 12.5. The van der Waals surface area contributed by atoms with E-state index in [9.17, 15) is 14.4 Å². The van der Waals surface area contributed by atoms with E-state index in [2.05, 4.69) is 0 Å². The van der Waals surface area contributed by atoms with Crippen molar-refractivity contribution in [2.75, 3.05) is 26.9 Å². The highest BCUT2D eigenvalue weighted by atomic mass is 16.6. The minimum atomic E-state index is -1.72. The van der Waals surface area contributed by atoms with Crippen LogP contribution in [0.4, 0.5) is 0 Å². The number of carbonyl (C=O) groups is 3. The summed E-state index contributed by atoms with van der Waals surface area (Å²) in [5, 5.41) is 0. The lowest BCUT2D eigenvalue weighted by Crippen LogP contribution is -2.46. The summed E-state index contributed by atoms with van der Waals surface area (Å²) in [5.41, 5.74) is -1.72. The Morgan fingerprint density at radius 2 is 1.08 bits per heavy atom. The Bertz CT molecular complexity index is 396. The van der Waals surface area contributed by atoms with E-state index in [-0.39, 0.29) is 32.7 Å². The predicted octanol–water partition coefficient (Wildman–Crippen LogP) is 3.18. The van der Waals surface area contributed by atoms with Gasteiger partial charge in [-0.2, -0.15) is 0 Å². The van der Waals surface area contributed by atoms with Gasteiger partial charge in [0, 0.05) is 7.11 Å². The summed E-state index contributed by atoms with van der Waals surface area (Å²) in [5.74, 6) is -1.95. The highest BCUT2D eigenvalue weighted by Gasteiger charge is 2.45. The molecular formula is C19H34O7. The maximum Gasteiger partial charge on any atom is 0.339 e. The van der Waals surface area contributed by atoms with Crippen LogP contribution in [0, 0.1) is 0 Å². The van der Waals surface area contributed by atoms with Crippen LogP contribution in [0.2, 0.25) is 0 Å². The molecule has 0 aromatic rings. The first-order valence-electron chi connectivity index (χ1n) is 9.49. The maximum atomic E-state index is 12.5. The standard InChI is InChI=1S/C19H34O7/c1-5-8-11-24-16(20)14-19(23-4,18(22)26-13-10-7-3)15-17(21)25-12-9-6-2/h5-15H2,1-4H3. The molecule has 0 bridgehead atoms. The molecule has 0 aliphatic rings. The van der Waals surface area contributed by atoms with Gasteiger partial charge in [-0.3, -0.25) is 9.59 Å². The second-order valence-corrected chi connectivity index (χ2v) is 6.19. The molecule has 0 radical (unpaired) electrons. The van der Waals surface area contributed by atoms with Crippen LogP contribution < -0.4 is 0 Å². The van der Waals surface area contributed by atoms with Gasteiger partial charge in [0.05, 0.1) is 32.7 Å². The summed E-state index contributed by atoms with van der Waals surface area (Å²) in [6.07, 6.45) is 3.98. The minimum absolute atomic E-state index is 0.205. The zero-order chi connectivity index (χ0) is 19.8. The van der Waals surface area contributed by atoms with E-state index >= 15 is 0 Å². The van der Waals surface area contributed by atoms with E-state index in [1.165, 1.54) is 7.11 Å². The lowest BCUT2D eigenvalue weighted by molar-refractivity contribution is -0.182. The van der Waals surface area contributed by atoms with Crippen molar-refractivity contribution >= 4 is 17.9 Å². The van der Waals surface area contributed by atoms with Gasteiger partial charge in [-0.05, 0) is 19.3 Å². The molecule has 0 amide bonds. The third-order valence-electron chi connectivity index (χ3n) is 3.88. The van der Waals surface area contributed by atoms with Crippen molar-refractivity contribution in [1.82, 2.24) is 0 Å². The van der Waals surface area contributed by atoms with Gasteiger partial charge in [0.25, 0.3) is 0 Å². The first kappa shape index (κ1) is 24.4. The van der Waals surface area contributed by atoms with Gasteiger partial charge in [-0.1, -0.05) is 40.0 Å². The normalized spacial score (nSPS) is 11.1. The van der Waals surface area contributed by atoms with Crippen LogP contribution in [-0.4, -0.2) is 50.4 Å². The highest BCUT2D eigenvalue weighted by Crippen LogP contribution is 2.24. The number of hydrogen-bond acceptors (Lipinski definition) is 7. The number of unbranched alkanes of at least 4 members (excludes halogenated alkanes) is 3. The van der Waals surface area contributed by atoms with Crippen molar-refractivity contribution in [3.8, 4) is 0 Å². The molecule has 152 valence electrons. The molecule has 0 aromatic carbocycles. The van der Waals surface area contributed by atoms with Crippen molar-refractivity contribution in [3.05, 3.63) is 0 Å². The molecule has 0 rings (SSSR count). The highest BCUT2D eigenvalue weighted by molar-refractivity contribution is 5.90. The summed E-state index contributed by atoms with van der Waals surface area (Å²) >= 11 is 0. The van der Waals surface area contributed by atoms with Gasteiger partial charge in [0.15, 0.2) is 5.60 Å². The van der Waals surface area contributed by atoms with Crippen molar-refractivity contribution in [1.29, 1.82) is 0 Å². The van der Waals surface area contributed by atoms with Gasteiger partial charge in [-0.15, -0.1) is 0 Å². The van der Waals surface area contributed by atoms with Crippen LogP contribution in [-0.2, 0) is 33.3 Å². The van der Waals surface area contributed by atoms with Crippen LogP contribution in [0.1, 0.15) is 72.1 Å². The zero-order valence-electron chi connectivity index (χ0n) is 16.6. The van der Waals surface area contributed by atoms with Gasteiger partial charge in [0.2, 0.25) is 0 Å². The van der Waals surface area contributed by atoms with Crippen molar-refractivity contribution in [3.63, 3.8) is 0 Å². The smallest absolute Gasteiger partial charge is 0.339 e. The van der Waals surface area contributed by atoms with E-state index < -0.39 is 23.5 Å². The molecule has 0 aliphatic carbocycles. The van der Waals surface area contributed by atoms with Gasteiger partial charge < -0.3 is 18.9 Å². The monoisotopic (exact) mass is 374 g/mol. The van der Waals surface area contributed by atoms with Crippen LogP contribution in [0.25, 0.3) is 0 Å². The molecule has 0 aliphatic heterocycles. The van der Waals surface area contributed by atoms with E-state index in [0.29, 0.717) is 6.42 Å². The number of methoxy groups -OCH3 is 1. The molecule has 0 atom stereocenters. The van der Waals surface area contributed by atoms with E-state index in [4.69, 9.17) is 18.9 Å². The fourth-order valence-corrected chi connectivity index (χ4v) is 2.10. The molecule has 7 heteroatoms. The lowest BCUT2D eigenvalue weighted by atomic mass is 9.95. The van der Waals surface area contributed by atoms with E-state index in [0.717, 1.165) is 32.1 Å². The molecule has 0 heterocycles. The molecule has 0 saturated heterocycles. The molecule has 0 aromatic heterocycles. The Morgan fingerprint density at radius 3 is 1.42 bits per heavy atom. The second kappa shape index (κ2) is 14.5. The van der Waals surface area contributed by atoms with Crippen molar-refractivity contribution in [2.45, 2.75) is 77.7 Å². The maximum absolute atomic E-state index is 12.5. The van der Waals surface area contributed by atoms with Gasteiger partial charge in [-0.25, -0.2) is 4.79 Å².